The van der Waals surface area contributed by atoms with Crippen LogP contribution in [0.3, 0.4) is 0 Å². The molecule has 1 aromatic carbocycles. The lowest BCUT2D eigenvalue weighted by molar-refractivity contribution is -0.119. The first kappa shape index (κ1) is 18.8. The molecule has 0 aliphatic rings. The zero-order valence-electron chi connectivity index (χ0n) is 15.2. The van der Waals surface area contributed by atoms with Gasteiger partial charge in [0.2, 0.25) is 5.91 Å². The van der Waals surface area contributed by atoms with E-state index < -0.39 is 12.0 Å². The van der Waals surface area contributed by atoms with Crippen LogP contribution >= 0.6 is 0 Å². The summed E-state index contributed by atoms with van der Waals surface area (Å²) in [5, 5.41) is 22.3. The maximum atomic E-state index is 12.4. The van der Waals surface area contributed by atoms with Crippen molar-refractivity contribution in [3.63, 3.8) is 0 Å². The van der Waals surface area contributed by atoms with Gasteiger partial charge in [-0.1, -0.05) is 6.07 Å². The molecule has 10 heteroatoms. The summed E-state index contributed by atoms with van der Waals surface area (Å²) in [6.45, 7) is 1.60. The number of rotatable bonds is 6. The second-order valence-electron chi connectivity index (χ2n) is 6.09. The quantitative estimate of drug-likeness (QED) is 0.595. The van der Waals surface area contributed by atoms with Crippen molar-refractivity contribution in [2.75, 3.05) is 10.6 Å². The Kier molecular flexibility index (Phi) is 5.21. The van der Waals surface area contributed by atoms with Gasteiger partial charge in [-0.3, -0.25) is 19.0 Å². The number of carboxylic acids is 1. The third-order valence-corrected chi connectivity index (χ3v) is 3.96. The smallest absolute Gasteiger partial charge is 0.338 e. The molecule has 0 bridgehead atoms. The van der Waals surface area contributed by atoms with E-state index in [1.54, 1.807) is 50.5 Å². The number of carboxylic acid groups (broad SMARTS) is 1. The SMILES string of the molecule is CC(C(=O)Nc1cccc(NC(=O)c2ccn(C)n2)c1)n1cc(C(=O)O)cn1. The minimum absolute atomic E-state index is 0.00104. The summed E-state index contributed by atoms with van der Waals surface area (Å²) in [5.74, 6) is -1.86. The van der Waals surface area contributed by atoms with E-state index in [9.17, 15) is 14.4 Å². The van der Waals surface area contributed by atoms with Crippen molar-refractivity contribution in [2.45, 2.75) is 13.0 Å². The first-order chi connectivity index (χ1) is 13.3. The summed E-state index contributed by atoms with van der Waals surface area (Å²) in [5.41, 5.74) is 1.24. The zero-order valence-corrected chi connectivity index (χ0v) is 15.2. The number of aromatic nitrogens is 4. The van der Waals surface area contributed by atoms with Crippen molar-refractivity contribution in [3.8, 4) is 0 Å². The highest BCUT2D eigenvalue weighted by atomic mass is 16.4. The van der Waals surface area contributed by atoms with Gasteiger partial charge in [-0.2, -0.15) is 10.2 Å². The van der Waals surface area contributed by atoms with Crippen molar-refractivity contribution in [2.24, 2.45) is 7.05 Å². The van der Waals surface area contributed by atoms with E-state index in [-0.39, 0.29) is 23.1 Å². The Morgan fingerprint density at radius 1 is 1.14 bits per heavy atom. The van der Waals surface area contributed by atoms with Crippen LogP contribution in [0.4, 0.5) is 11.4 Å². The lowest BCUT2D eigenvalue weighted by Crippen LogP contribution is -2.24. The van der Waals surface area contributed by atoms with Crippen LogP contribution < -0.4 is 10.6 Å². The Morgan fingerprint density at radius 3 is 2.46 bits per heavy atom. The molecule has 2 heterocycles. The van der Waals surface area contributed by atoms with E-state index in [4.69, 9.17) is 5.11 Å². The molecule has 0 fully saturated rings. The van der Waals surface area contributed by atoms with Crippen molar-refractivity contribution in [1.29, 1.82) is 0 Å². The number of anilines is 2. The Balaban J connectivity index is 1.67. The van der Waals surface area contributed by atoms with Gasteiger partial charge in [0.05, 0.1) is 11.8 Å². The molecule has 2 aromatic heterocycles. The van der Waals surface area contributed by atoms with Gasteiger partial charge in [0.15, 0.2) is 5.69 Å². The van der Waals surface area contributed by atoms with Gasteiger partial charge >= 0.3 is 5.97 Å². The van der Waals surface area contributed by atoms with E-state index in [0.29, 0.717) is 11.4 Å². The zero-order chi connectivity index (χ0) is 20.3. The van der Waals surface area contributed by atoms with Gasteiger partial charge in [-0.05, 0) is 31.2 Å². The molecule has 3 aromatic rings. The molecule has 0 saturated carbocycles. The number of benzene rings is 1. The molecule has 3 N–H and O–H groups in total. The highest BCUT2D eigenvalue weighted by molar-refractivity contribution is 6.03. The molecule has 0 radical (unpaired) electrons. The van der Waals surface area contributed by atoms with Gasteiger partial charge in [-0.25, -0.2) is 4.79 Å². The van der Waals surface area contributed by atoms with Gasteiger partial charge in [0, 0.05) is 30.8 Å². The molecule has 2 amide bonds. The van der Waals surface area contributed by atoms with E-state index in [2.05, 4.69) is 20.8 Å². The van der Waals surface area contributed by atoms with Crippen LogP contribution in [-0.4, -0.2) is 42.5 Å². The summed E-state index contributed by atoms with van der Waals surface area (Å²) in [6.07, 6.45) is 4.13. The summed E-state index contributed by atoms with van der Waals surface area (Å²) < 4.78 is 2.80. The van der Waals surface area contributed by atoms with Crippen LogP contribution in [0.2, 0.25) is 0 Å². The topological polar surface area (TPSA) is 131 Å². The summed E-state index contributed by atoms with van der Waals surface area (Å²) >= 11 is 0. The molecule has 10 nitrogen and oxygen atoms in total. The van der Waals surface area contributed by atoms with Crippen LogP contribution in [0.5, 0.6) is 0 Å². The number of aryl methyl sites for hydroxylation is 1. The van der Waals surface area contributed by atoms with Crippen LogP contribution in [-0.2, 0) is 11.8 Å². The Hall–Kier alpha value is -3.95. The number of nitrogens with one attached hydrogen (secondary N) is 2. The van der Waals surface area contributed by atoms with Crippen molar-refractivity contribution in [1.82, 2.24) is 19.6 Å². The minimum Gasteiger partial charge on any atom is -0.478 e. The van der Waals surface area contributed by atoms with Crippen LogP contribution in [0.1, 0.15) is 33.8 Å². The summed E-state index contributed by atoms with van der Waals surface area (Å²) in [7, 11) is 1.72. The molecule has 144 valence electrons. The third kappa shape index (κ3) is 4.23. The number of carbonyl (C=O) groups excluding carboxylic acids is 2. The summed E-state index contributed by atoms with van der Waals surface area (Å²) in [6, 6.07) is 7.53. The third-order valence-electron chi connectivity index (χ3n) is 3.96. The highest BCUT2D eigenvalue weighted by Crippen LogP contribution is 2.18. The second-order valence-corrected chi connectivity index (χ2v) is 6.09. The molecule has 0 aliphatic carbocycles. The normalized spacial score (nSPS) is 11.6. The number of hydrogen-bond donors (Lipinski definition) is 3. The second kappa shape index (κ2) is 7.74. The number of carbonyl (C=O) groups is 3. The fraction of sp³-hybridized carbons (Fsp3) is 0.167. The average Bonchev–Trinajstić information content (AvgIpc) is 3.30. The molecule has 0 aliphatic heterocycles. The number of nitrogens with zero attached hydrogens (tertiary/aromatic N) is 4. The Morgan fingerprint density at radius 2 is 1.86 bits per heavy atom. The lowest BCUT2D eigenvalue weighted by atomic mass is 10.2. The van der Waals surface area contributed by atoms with E-state index >= 15 is 0 Å². The molecular formula is C18H18N6O4. The Labute approximate surface area is 159 Å². The molecule has 1 unspecified atom stereocenters. The van der Waals surface area contributed by atoms with Crippen molar-refractivity contribution < 1.29 is 19.5 Å². The number of hydrogen-bond acceptors (Lipinski definition) is 5. The predicted molar refractivity (Wildman–Crippen MR) is 100 cm³/mol. The highest BCUT2D eigenvalue weighted by Gasteiger charge is 2.18. The maximum Gasteiger partial charge on any atom is 0.338 e. The van der Waals surface area contributed by atoms with E-state index in [0.717, 1.165) is 0 Å². The lowest BCUT2D eigenvalue weighted by Gasteiger charge is -2.13. The van der Waals surface area contributed by atoms with Crippen LogP contribution in [0.15, 0.2) is 48.9 Å². The molecule has 0 spiro atoms. The molecule has 1 atom stereocenters. The minimum atomic E-state index is -1.12. The standard InChI is InChI=1S/C18H18N6O4/c1-11(24-10-12(9-19-24)18(27)28)16(25)20-13-4-3-5-14(8-13)21-17(26)15-6-7-23(2)22-15/h3-11H,1-2H3,(H,20,25)(H,21,26)(H,27,28). The fourth-order valence-corrected chi connectivity index (χ4v) is 2.43. The largest absolute Gasteiger partial charge is 0.478 e. The number of amides is 2. The molecule has 3 rings (SSSR count). The number of aromatic carboxylic acids is 1. The maximum absolute atomic E-state index is 12.4. The average molecular weight is 382 g/mol. The molecule has 28 heavy (non-hydrogen) atoms. The molecule has 0 saturated heterocycles. The summed E-state index contributed by atoms with van der Waals surface area (Å²) in [4.78, 5) is 35.5. The van der Waals surface area contributed by atoms with Crippen LogP contribution in [0.25, 0.3) is 0 Å². The first-order valence-corrected chi connectivity index (χ1v) is 8.33. The van der Waals surface area contributed by atoms with Gasteiger partial charge in [0.25, 0.3) is 5.91 Å². The van der Waals surface area contributed by atoms with Gasteiger partial charge < -0.3 is 15.7 Å². The first-order valence-electron chi connectivity index (χ1n) is 8.33. The van der Waals surface area contributed by atoms with Crippen LogP contribution in [0, 0.1) is 0 Å². The predicted octanol–water partition coefficient (Wildman–Crippen LogP) is 1.77. The fourth-order valence-electron chi connectivity index (χ4n) is 2.43. The van der Waals surface area contributed by atoms with E-state index in [1.807, 2.05) is 0 Å². The van der Waals surface area contributed by atoms with E-state index in [1.165, 1.54) is 21.8 Å². The monoisotopic (exact) mass is 382 g/mol. The molecular weight excluding hydrogens is 364 g/mol. The Bertz CT molecular complexity index is 1040. The van der Waals surface area contributed by atoms with Gasteiger partial charge in [0.1, 0.15) is 6.04 Å². The van der Waals surface area contributed by atoms with Crippen molar-refractivity contribution >= 4 is 29.2 Å². The van der Waals surface area contributed by atoms with Crippen molar-refractivity contribution in [3.05, 3.63) is 60.2 Å². The van der Waals surface area contributed by atoms with Gasteiger partial charge in [-0.15, -0.1) is 0 Å².